The number of aromatic amines is 1. The Hall–Kier alpha value is -3.19. The molecule has 13 heteroatoms. The number of carboxylic acids is 1. The number of aromatic nitrogens is 2. The van der Waals surface area contributed by atoms with E-state index in [2.05, 4.69) is 25.6 Å². The number of carboxylic acid groups (broad SMARTS) is 1. The van der Waals surface area contributed by atoms with Gasteiger partial charge in [-0.1, -0.05) is 0 Å². The second-order valence-corrected chi connectivity index (χ2v) is 5.98. The summed E-state index contributed by atoms with van der Waals surface area (Å²) in [5, 5.41) is 23.1. The van der Waals surface area contributed by atoms with E-state index < -0.39 is 42.5 Å². The van der Waals surface area contributed by atoms with Gasteiger partial charge < -0.3 is 43.0 Å². The molecule has 0 saturated carbocycles. The van der Waals surface area contributed by atoms with Crippen molar-refractivity contribution in [2.45, 2.75) is 37.4 Å². The number of carbonyl (C=O) groups excluding carboxylic acids is 2. The molecule has 28 heavy (non-hydrogen) atoms. The van der Waals surface area contributed by atoms with Gasteiger partial charge in [-0.2, -0.15) is 0 Å². The Balaban J connectivity index is 2.79. The molecule has 0 aliphatic carbocycles. The van der Waals surface area contributed by atoms with Crippen molar-refractivity contribution < 1.29 is 24.6 Å². The van der Waals surface area contributed by atoms with E-state index >= 15 is 0 Å². The van der Waals surface area contributed by atoms with Crippen LogP contribution in [0.3, 0.4) is 0 Å². The van der Waals surface area contributed by atoms with Crippen LogP contribution < -0.4 is 27.8 Å². The lowest BCUT2D eigenvalue weighted by molar-refractivity contribution is -0.142. The Morgan fingerprint density at radius 2 is 1.89 bits per heavy atom. The van der Waals surface area contributed by atoms with Crippen LogP contribution in [0.1, 0.15) is 18.5 Å². The highest BCUT2D eigenvalue weighted by molar-refractivity contribution is 5.91. The number of nitrogens with two attached hydrogens (primary N) is 3. The van der Waals surface area contributed by atoms with Crippen LogP contribution in [0, 0.1) is 0 Å². The molecule has 0 fully saturated rings. The lowest BCUT2D eigenvalue weighted by Gasteiger charge is -2.22. The predicted molar refractivity (Wildman–Crippen MR) is 98.8 cm³/mol. The van der Waals surface area contributed by atoms with Crippen LogP contribution >= 0.6 is 0 Å². The van der Waals surface area contributed by atoms with Gasteiger partial charge in [-0.3, -0.25) is 14.6 Å². The minimum Gasteiger partial charge on any atom is -0.480 e. The Bertz CT molecular complexity index is 674. The van der Waals surface area contributed by atoms with Crippen molar-refractivity contribution in [3.63, 3.8) is 0 Å². The number of imidazole rings is 1. The monoisotopic (exact) mass is 398 g/mol. The van der Waals surface area contributed by atoms with Gasteiger partial charge in [-0.25, -0.2) is 9.78 Å². The molecular formula is C15H26N8O5. The predicted octanol–water partition coefficient (Wildman–Crippen LogP) is -3.62. The number of aliphatic hydroxyl groups is 1. The average molecular weight is 398 g/mol. The van der Waals surface area contributed by atoms with Gasteiger partial charge in [0, 0.05) is 24.9 Å². The van der Waals surface area contributed by atoms with Crippen molar-refractivity contribution in [3.05, 3.63) is 18.2 Å². The summed E-state index contributed by atoms with van der Waals surface area (Å²) in [7, 11) is 0. The molecule has 0 aliphatic rings. The molecule has 0 aliphatic heterocycles. The summed E-state index contributed by atoms with van der Waals surface area (Å²) in [4.78, 5) is 46.3. The largest absolute Gasteiger partial charge is 0.480 e. The van der Waals surface area contributed by atoms with Crippen molar-refractivity contribution in [3.8, 4) is 0 Å². The number of nitrogens with one attached hydrogen (secondary N) is 3. The number of amides is 2. The maximum atomic E-state index is 12.6. The van der Waals surface area contributed by atoms with Crippen LogP contribution in [0.15, 0.2) is 17.5 Å². The van der Waals surface area contributed by atoms with E-state index in [1.54, 1.807) is 0 Å². The molecule has 1 aromatic heterocycles. The van der Waals surface area contributed by atoms with Crippen molar-refractivity contribution in [2.24, 2.45) is 22.2 Å². The fourth-order valence-electron chi connectivity index (χ4n) is 2.22. The molecule has 13 nitrogen and oxygen atoms in total. The number of carbonyl (C=O) groups is 3. The number of H-pyrrole nitrogens is 1. The normalized spacial score (nSPS) is 13.8. The first kappa shape index (κ1) is 22.9. The van der Waals surface area contributed by atoms with E-state index in [1.165, 1.54) is 12.5 Å². The zero-order valence-corrected chi connectivity index (χ0v) is 15.2. The Morgan fingerprint density at radius 3 is 2.43 bits per heavy atom. The molecule has 0 aromatic carbocycles. The molecule has 2 amide bonds. The zero-order valence-electron chi connectivity index (χ0n) is 15.2. The molecule has 156 valence electrons. The van der Waals surface area contributed by atoms with E-state index in [0.717, 1.165) is 0 Å². The van der Waals surface area contributed by atoms with Crippen molar-refractivity contribution in [2.75, 3.05) is 13.2 Å². The number of guanidine groups is 1. The third-order valence-corrected chi connectivity index (χ3v) is 3.71. The number of rotatable bonds is 12. The first-order chi connectivity index (χ1) is 13.2. The summed E-state index contributed by atoms with van der Waals surface area (Å²) in [6.45, 7) is -0.394. The Labute approximate surface area is 160 Å². The van der Waals surface area contributed by atoms with Gasteiger partial charge in [0.15, 0.2) is 5.96 Å². The molecular weight excluding hydrogens is 372 g/mol. The number of aliphatic hydroxyl groups excluding tert-OH is 1. The maximum Gasteiger partial charge on any atom is 0.326 e. The average Bonchev–Trinajstić information content (AvgIpc) is 3.15. The molecule has 0 radical (unpaired) electrons. The van der Waals surface area contributed by atoms with E-state index in [1.807, 2.05) is 0 Å². The molecule has 11 N–H and O–H groups in total. The summed E-state index contributed by atoms with van der Waals surface area (Å²) in [6.07, 6.45) is 3.29. The summed E-state index contributed by atoms with van der Waals surface area (Å²) in [6, 6.07) is -3.54. The molecule has 0 bridgehead atoms. The fraction of sp³-hybridized carbons (Fsp3) is 0.533. The highest BCUT2D eigenvalue weighted by atomic mass is 16.4. The minimum atomic E-state index is -1.24. The Morgan fingerprint density at radius 1 is 1.21 bits per heavy atom. The SMILES string of the molecule is NC(N)=NCCCC(NC(=O)C(Cc1cnc[nH]1)NC(=O)C(N)CO)C(=O)O. The molecule has 1 aromatic rings. The quantitative estimate of drug-likeness (QED) is 0.0983. The van der Waals surface area contributed by atoms with Gasteiger partial charge in [-0.05, 0) is 12.8 Å². The van der Waals surface area contributed by atoms with Crippen LogP contribution in [-0.2, 0) is 20.8 Å². The number of aliphatic imine (C=N–C) groups is 1. The number of aliphatic carboxylic acids is 1. The van der Waals surface area contributed by atoms with Gasteiger partial charge in [-0.15, -0.1) is 0 Å². The summed E-state index contributed by atoms with van der Waals surface area (Å²) in [5.41, 5.74) is 16.4. The van der Waals surface area contributed by atoms with E-state index in [4.69, 9.17) is 22.3 Å². The molecule has 1 heterocycles. The first-order valence-corrected chi connectivity index (χ1v) is 8.47. The highest BCUT2D eigenvalue weighted by Gasteiger charge is 2.28. The van der Waals surface area contributed by atoms with Crippen molar-refractivity contribution in [1.29, 1.82) is 0 Å². The standard InChI is InChI=1S/C15H26N8O5/c16-9(6-24)12(25)23-11(4-8-5-19-7-21-8)13(26)22-10(14(27)28)2-1-3-20-15(17)18/h5,7,9-11,24H,1-4,6,16H2,(H,19,21)(H,22,26)(H,23,25)(H,27,28)(H4,17,18,20). The second-order valence-electron chi connectivity index (χ2n) is 5.98. The molecule has 0 saturated heterocycles. The maximum absolute atomic E-state index is 12.6. The Kier molecular flexibility index (Phi) is 9.39. The molecule has 3 unspecified atom stereocenters. The van der Waals surface area contributed by atoms with Gasteiger partial charge in [0.1, 0.15) is 18.1 Å². The van der Waals surface area contributed by atoms with E-state index in [-0.39, 0.29) is 25.3 Å². The summed E-state index contributed by atoms with van der Waals surface area (Å²) >= 11 is 0. The highest BCUT2D eigenvalue weighted by Crippen LogP contribution is 2.03. The molecule has 3 atom stereocenters. The topological polar surface area (TPSA) is 235 Å². The van der Waals surface area contributed by atoms with Crippen LogP contribution in [0.25, 0.3) is 0 Å². The van der Waals surface area contributed by atoms with Crippen molar-refractivity contribution >= 4 is 23.7 Å². The van der Waals surface area contributed by atoms with Crippen LogP contribution in [0.5, 0.6) is 0 Å². The van der Waals surface area contributed by atoms with E-state index in [0.29, 0.717) is 12.1 Å². The number of hydrogen-bond donors (Lipinski definition) is 8. The van der Waals surface area contributed by atoms with Crippen LogP contribution in [-0.4, -0.2) is 75.2 Å². The lowest BCUT2D eigenvalue weighted by Crippen LogP contribution is -2.55. The van der Waals surface area contributed by atoms with Gasteiger partial charge >= 0.3 is 5.97 Å². The molecule has 1 rings (SSSR count). The van der Waals surface area contributed by atoms with E-state index in [9.17, 15) is 19.5 Å². The van der Waals surface area contributed by atoms with Crippen molar-refractivity contribution in [1.82, 2.24) is 20.6 Å². The second kappa shape index (κ2) is 11.5. The third kappa shape index (κ3) is 8.01. The third-order valence-electron chi connectivity index (χ3n) is 3.71. The van der Waals surface area contributed by atoms with Gasteiger partial charge in [0.2, 0.25) is 11.8 Å². The van der Waals surface area contributed by atoms with Gasteiger partial charge in [0.25, 0.3) is 0 Å². The zero-order chi connectivity index (χ0) is 21.1. The first-order valence-electron chi connectivity index (χ1n) is 8.47. The fourth-order valence-corrected chi connectivity index (χ4v) is 2.22. The minimum absolute atomic E-state index is 0.0239. The summed E-state index contributed by atoms with van der Waals surface area (Å²) in [5.74, 6) is -2.82. The van der Waals surface area contributed by atoms with Gasteiger partial charge in [0.05, 0.1) is 12.9 Å². The number of hydrogen-bond acceptors (Lipinski definition) is 7. The number of nitrogens with zero attached hydrogens (tertiary/aromatic N) is 2. The van der Waals surface area contributed by atoms with Crippen LogP contribution in [0.2, 0.25) is 0 Å². The van der Waals surface area contributed by atoms with Crippen LogP contribution in [0.4, 0.5) is 0 Å². The lowest BCUT2D eigenvalue weighted by atomic mass is 10.1. The molecule has 0 spiro atoms. The smallest absolute Gasteiger partial charge is 0.326 e. The summed E-state index contributed by atoms with van der Waals surface area (Å²) < 4.78 is 0.